The maximum atomic E-state index is 13.1. The maximum absolute atomic E-state index is 13.1. The van der Waals surface area contributed by atoms with Gasteiger partial charge in [0.1, 0.15) is 0 Å². The van der Waals surface area contributed by atoms with Gasteiger partial charge in [-0.3, -0.25) is 30.3 Å². The summed E-state index contributed by atoms with van der Waals surface area (Å²) in [6, 6.07) is 4.53. The minimum Gasteiger partial charge on any atom is -0.261 e. The Balaban J connectivity index is 2.86. The van der Waals surface area contributed by atoms with Gasteiger partial charge in [0.15, 0.2) is 0 Å². The summed E-state index contributed by atoms with van der Waals surface area (Å²) in [4.78, 5) is 28.5. The predicted molar refractivity (Wildman–Crippen MR) is 109 cm³/mol. The quantitative estimate of drug-likeness (QED) is 0.219. The van der Waals surface area contributed by atoms with E-state index >= 15 is 0 Å². The first kappa shape index (κ1) is 24.3. The molecule has 0 amide bonds. The first-order valence-electron chi connectivity index (χ1n) is 7.91. The summed E-state index contributed by atoms with van der Waals surface area (Å²) in [5.41, 5.74) is -1.35. The van der Waals surface area contributed by atoms with Crippen molar-refractivity contribution in [3.8, 4) is 0 Å². The van der Waals surface area contributed by atoms with Crippen LogP contribution in [0.3, 0.4) is 0 Å². The number of sulfone groups is 2. The molecule has 0 unspecified atom stereocenters. The SMILES string of the molecule is Cc1ccc(S(=O)(=O)C(Br)([N+](=O)[O-])S(=O)(=O)c2ccc(C)c([N+](=O)[O-])c2)cc1[N+](=O)[O-]. The lowest BCUT2D eigenvalue weighted by Gasteiger charge is -2.20. The van der Waals surface area contributed by atoms with E-state index in [-0.39, 0.29) is 11.1 Å². The van der Waals surface area contributed by atoms with E-state index in [0.717, 1.165) is 24.3 Å². The summed E-state index contributed by atoms with van der Waals surface area (Å²) in [5.74, 6) is 0. The van der Waals surface area contributed by atoms with E-state index in [1.54, 1.807) is 0 Å². The second-order valence-electron chi connectivity index (χ2n) is 6.18. The van der Waals surface area contributed by atoms with Gasteiger partial charge in [0, 0.05) is 39.2 Å². The zero-order valence-electron chi connectivity index (χ0n) is 15.6. The van der Waals surface area contributed by atoms with Gasteiger partial charge in [0.2, 0.25) is 0 Å². The molecule has 13 nitrogen and oxygen atoms in total. The number of nitro groups is 3. The molecule has 2 rings (SSSR count). The van der Waals surface area contributed by atoms with Crippen LogP contribution in [0.1, 0.15) is 11.1 Å². The van der Waals surface area contributed by atoms with Crippen molar-refractivity contribution < 1.29 is 31.6 Å². The minimum atomic E-state index is -5.47. The molecule has 0 aliphatic heterocycles. The fraction of sp³-hybridized carbons (Fsp3) is 0.200. The molecule has 0 aliphatic rings. The van der Waals surface area contributed by atoms with Gasteiger partial charge in [0.05, 0.1) is 24.6 Å². The van der Waals surface area contributed by atoms with Gasteiger partial charge in [0.25, 0.3) is 31.0 Å². The first-order valence-corrected chi connectivity index (χ1v) is 11.7. The third-order valence-electron chi connectivity index (χ3n) is 4.26. The summed E-state index contributed by atoms with van der Waals surface area (Å²) >= 11 is 2.21. The summed E-state index contributed by atoms with van der Waals surface area (Å²) in [5, 5.41) is 34.0. The molecule has 0 aliphatic carbocycles. The van der Waals surface area contributed by atoms with E-state index in [2.05, 4.69) is 15.9 Å². The number of halogens is 1. The molecule has 0 radical (unpaired) electrons. The van der Waals surface area contributed by atoms with Gasteiger partial charge in [-0.15, -0.1) is 0 Å². The van der Waals surface area contributed by atoms with Crippen molar-refractivity contribution in [2.45, 2.75) is 26.8 Å². The van der Waals surface area contributed by atoms with Crippen molar-refractivity contribution in [1.29, 1.82) is 0 Å². The van der Waals surface area contributed by atoms with Gasteiger partial charge < -0.3 is 0 Å². The number of aryl methyl sites for hydroxylation is 2. The fourth-order valence-corrected chi connectivity index (χ4v) is 7.39. The molecular weight excluding hydrogens is 526 g/mol. The summed E-state index contributed by atoms with van der Waals surface area (Å²) in [6.45, 7) is 2.57. The summed E-state index contributed by atoms with van der Waals surface area (Å²) in [6.07, 6.45) is 0. The molecule has 0 N–H and O–H groups in total. The van der Waals surface area contributed by atoms with Crippen LogP contribution in [-0.2, 0) is 19.7 Å². The largest absolute Gasteiger partial charge is 0.476 e. The highest BCUT2D eigenvalue weighted by atomic mass is 79.9. The Bertz CT molecular complexity index is 1250. The molecule has 0 atom stereocenters. The van der Waals surface area contributed by atoms with E-state index < -0.39 is 58.7 Å². The topological polar surface area (TPSA) is 198 Å². The average molecular weight is 538 g/mol. The second kappa shape index (κ2) is 7.93. The Kier molecular flexibility index (Phi) is 6.22. The third kappa shape index (κ3) is 3.77. The molecular formula is C15H12BrN3O10S2. The summed E-state index contributed by atoms with van der Waals surface area (Å²) in [7, 11) is -10.9. The van der Waals surface area contributed by atoms with Crippen LogP contribution in [-0.4, -0.2) is 34.7 Å². The number of hydrogen-bond acceptors (Lipinski definition) is 10. The number of hydrogen-bond donors (Lipinski definition) is 0. The van der Waals surface area contributed by atoms with Crippen molar-refractivity contribution in [3.63, 3.8) is 0 Å². The molecule has 0 fully saturated rings. The van der Waals surface area contributed by atoms with Crippen LogP contribution in [0.4, 0.5) is 11.4 Å². The number of alkyl halides is 1. The number of rotatable bonds is 7. The van der Waals surface area contributed by atoms with Gasteiger partial charge in [-0.25, -0.2) is 16.8 Å². The van der Waals surface area contributed by atoms with Crippen molar-refractivity contribution >= 4 is 47.0 Å². The van der Waals surface area contributed by atoms with E-state index in [0.29, 0.717) is 12.1 Å². The Hall–Kier alpha value is -2.98. The highest BCUT2D eigenvalue weighted by Gasteiger charge is 2.66. The van der Waals surface area contributed by atoms with Gasteiger partial charge >= 0.3 is 3.11 Å². The number of nitrogens with zero attached hydrogens (tertiary/aromatic N) is 3. The lowest BCUT2D eigenvalue weighted by molar-refractivity contribution is -0.484. The van der Waals surface area contributed by atoms with E-state index in [4.69, 9.17) is 0 Å². The van der Waals surface area contributed by atoms with Crippen LogP contribution in [0.5, 0.6) is 0 Å². The molecule has 166 valence electrons. The van der Waals surface area contributed by atoms with Crippen LogP contribution in [0.15, 0.2) is 46.2 Å². The van der Waals surface area contributed by atoms with Gasteiger partial charge in [-0.2, -0.15) is 0 Å². The smallest absolute Gasteiger partial charge is 0.261 e. The molecule has 31 heavy (non-hydrogen) atoms. The molecule has 0 saturated heterocycles. The first-order chi connectivity index (χ1) is 14.1. The minimum absolute atomic E-state index is 0.0299. The zero-order valence-corrected chi connectivity index (χ0v) is 18.8. The molecule has 16 heteroatoms. The lowest BCUT2D eigenvalue weighted by Crippen LogP contribution is -2.47. The molecule has 0 saturated carbocycles. The Labute approximate surface area is 183 Å². The van der Waals surface area contributed by atoms with Gasteiger partial charge in [-0.1, -0.05) is 12.1 Å². The maximum Gasteiger partial charge on any atom is 0.476 e. The van der Waals surface area contributed by atoms with Crippen LogP contribution in [0, 0.1) is 44.2 Å². The standard InChI is InChI=1S/C15H12BrN3O10S2/c1-9-3-5-11(7-13(9)17(20)21)30(26,27)15(16,19(24)25)31(28,29)12-6-4-10(2)14(8-12)18(22)23/h3-8H,1-2H3. The normalized spacial score (nSPS) is 12.4. The average Bonchev–Trinajstić information content (AvgIpc) is 2.66. The van der Waals surface area contributed by atoms with Crippen molar-refractivity contribution in [1.82, 2.24) is 0 Å². The highest BCUT2D eigenvalue weighted by Crippen LogP contribution is 2.42. The van der Waals surface area contributed by atoms with Gasteiger partial charge in [-0.05, 0) is 26.0 Å². The van der Waals surface area contributed by atoms with E-state index in [9.17, 15) is 47.2 Å². The van der Waals surface area contributed by atoms with Crippen LogP contribution in [0.2, 0.25) is 0 Å². The number of benzene rings is 2. The highest BCUT2D eigenvalue weighted by molar-refractivity contribution is 9.13. The molecule has 0 spiro atoms. The summed E-state index contributed by atoms with van der Waals surface area (Å²) < 4.78 is 48.3. The van der Waals surface area contributed by atoms with E-state index in [1.807, 2.05) is 0 Å². The monoisotopic (exact) mass is 537 g/mol. The van der Waals surface area contributed by atoms with Crippen molar-refractivity contribution in [3.05, 3.63) is 77.9 Å². The molecule has 2 aromatic rings. The van der Waals surface area contributed by atoms with E-state index in [1.165, 1.54) is 13.8 Å². The van der Waals surface area contributed by atoms with Crippen LogP contribution < -0.4 is 0 Å². The van der Waals surface area contributed by atoms with Crippen LogP contribution >= 0.6 is 15.9 Å². The molecule has 0 heterocycles. The second-order valence-corrected chi connectivity index (χ2v) is 12.8. The number of nitro benzene ring substituents is 2. The Morgan fingerprint density at radius 1 is 0.742 bits per heavy atom. The molecule has 2 aromatic carbocycles. The fourth-order valence-electron chi connectivity index (χ4n) is 2.54. The predicted octanol–water partition coefficient (Wildman–Crippen LogP) is 2.65. The van der Waals surface area contributed by atoms with Crippen molar-refractivity contribution in [2.24, 2.45) is 0 Å². The Morgan fingerprint density at radius 2 is 1.06 bits per heavy atom. The molecule has 0 aromatic heterocycles. The van der Waals surface area contributed by atoms with Crippen LogP contribution in [0.25, 0.3) is 0 Å². The zero-order chi connectivity index (χ0) is 23.9. The third-order valence-corrected chi connectivity index (χ3v) is 11.8. The Morgan fingerprint density at radius 3 is 1.32 bits per heavy atom. The van der Waals surface area contributed by atoms with Crippen molar-refractivity contribution in [2.75, 3.05) is 0 Å². The molecule has 0 bridgehead atoms. The lowest BCUT2D eigenvalue weighted by atomic mass is 10.2.